The summed E-state index contributed by atoms with van der Waals surface area (Å²) in [5, 5.41) is 0. The molecule has 0 aromatic carbocycles. The van der Waals surface area contributed by atoms with Crippen LogP contribution >= 0.6 is 8.25 Å². The van der Waals surface area contributed by atoms with Crippen LogP contribution in [0.15, 0.2) is 0 Å². The van der Waals surface area contributed by atoms with Crippen LogP contribution in [-0.4, -0.2) is 38.8 Å². The van der Waals surface area contributed by atoms with Crippen LogP contribution in [0.2, 0.25) is 0 Å². The Bertz CT molecular complexity index is 238. The molecule has 0 bridgehead atoms. The van der Waals surface area contributed by atoms with Gasteiger partial charge >= 0.3 is 8.25 Å². The molecule has 0 heterocycles. The van der Waals surface area contributed by atoms with Crippen molar-refractivity contribution in [2.75, 3.05) is 33.9 Å². The molecule has 0 radical (unpaired) electrons. The van der Waals surface area contributed by atoms with Crippen LogP contribution in [0.4, 0.5) is 0 Å². The Balaban J connectivity index is 3.12. The topological polar surface area (TPSA) is 38.8 Å². The Hall–Kier alpha value is 0.110. The predicted molar refractivity (Wildman–Crippen MR) is 91.3 cm³/mol. The molecular weight excluding hydrogens is 285 g/mol. The van der Waals surface area contributed by atoms with Crippen LogP contribution in [0.1, 0.15) is 71.1 Å². The quantitative estimate of drug-likeness (QED) is 0.300. The highest BCUT2D eigenvalue weighted by Gasteiger charge is 2.00. The van der Waals surface area contributed by atoms with E-state index in [9.17, 15) is 4.57 Å². The molecule has 0 aliphatic heterocycles. The van der Waals surface area contributed by atoms with Gasteiger partial charge in [-0.3, -0.25) is 4.57 Å². The molecule has 4 nitrogen and oxygen atoms in total. The molecule has 1 unspecified atom stereocenters. The van der Waals surface area contributed by atoms with Crippen LogP contribution < -0.4 is 0 Å². The Morgan fingerprint density at radius 2 is 1.24 bits per heavy atom. The third kappa shape index (κ3) is 18.1. The van der Waals surface area contributed by atoms with Gasteiger partial charge in [0.25, 0.3) is 0 Å². The smallest absolute Gasteiger partial charge is 0.311 e. The first-order chi connectivity index (χ1) is 10.2. The van der Waals surface area contributed by atoms with Crippen molar-refractivity contribution in [3.63, 3.8) is 0 Å². The van der Waals surface area contributed by atoms with E-state index < -0.39 is 8.25 Å². The highest BCUT2D eigenvalue weighted by molar-refractivity contribution is 7.33. The molecule has 0 amide bonds. The fourth-order valence-electron chi connectivity index (χ4n) is 2.10. The van der Waals surface area contributed by atoms with Gasteiger partial charge in [0.2, 0.25) is 0 Å². The van der Waals surface area contributed by atoms with Crippen LogP contribution in [0.25, 0.3) is 0 Å². The second-order valence-electron chi connectivity index (χ2n) is 5.93. The zero-order chi connectivity index (χ0) is 15.8. The molecule has 0 N–H and O–H groups in total. The molecule has 21 heavy (non-hydrogen) atoms. The van der Waals surface area contributed by atoms with E-state index in [1.165, 1.54) is 57.8 Å². The minimum Gasteiger partial charge on any atom is -0.311 e. The van der Waals surface area contributed by atoms with Gasteiger partial charge in [0.05, 0.1) is 13.2 Å². The van der Waals surface area contributed by atoms with Crippen molar-refractivity contribution < 1.29 is 13.6 Å². The third-order valence-electron chi connectivity index (χ3n) is 3.48. The maximum absolute atomic E-state index is 11.4. The summed E-state index contributed by atoms with van der Waals surface area (Å²) in [6.45, 7) is 4.07. The zero-order valence-electron chi connectivity index (χ0n) is 14.4. The number of nitrogens with zero attached hydrogens (tertiary/aromatic N) is 1. The lowest BCUT2D eigenvalue weighted by Crippen LogP contribution is -2.16. The lowest BCUT2D eigenvalue weighted by Gasteiger charge is -2.09. The van der Waals surface area contributed by atoms with Crippen LogP contribution in [0, 0.1) is 0 Å². The Kier molecular flexibility index (Phi) is 16.6. The van der Waals surface area contributed by atoms with Gasteiger partial charge in [-0.1, -0.05) is 64.7 Å². The Morgan fingerprint density at radius 1 is 0.762 bits per heavy atom. The van der Waals surface area contributed by atoms with Gasteiger partial charge in [0, 0.05) is 6.54 Å². The minimum absolute atomic E-state index is 0.475. The molecule has 0 aliphatic rings. The van der Waals surface area contributed by atoms with E-state index in [-0.39, 0.29) is 0 Å². The van der Waals surface area contributed by atoms with Gasteiger partial charge in [-0.2, -0.15) is 0 Å². The van der Waals surface area contributed by atoms with E-state index in [1.807, 2.05) is 19.0 Å². The summed E-state index contributed by atoms with van der Waals surface area (Å²) in [5.74, 6) is 0. The highest BCUT2D eigenvalue weighted by Crippen LogP contribution is 2.23. The van der Waals surface area contributed by atoms with Crippen molar-refractivity contribution in [3.05, 3.63) is 0 Å². The van der Waals surface area contributed by atoms with E-state index in [1.54, 1.807) is 0 Å². The van der Waals surface area contributed by atoms with E-state index in [2.05, 4.69) is 6.92 Å². The Morgan fingerprint density at radius 3 is 1.76 bits per heavy atom. The third-order valence-corrected chi connectivity index (χ3v) is 4.36. The first kappa shape index (κ1) is 21.1. The summed E-state index contributed by atoms with van der Waals surface area (Å²) in [5.41, 5.74) is 0. The van der Waals surface area contributed by atoms with E-state index in [0.29, 0.717) is 13.2 Å². The molecule has 0 saturated carbocycles. The van der Waals surface area contributed by atoms with Crippen molar-refractivity contribution in [1.82, 2.24) is 4.90 Å². The lowest BCUT2D eigenvalue weighted by atomic mass is 10.1. The molecule has 1 atom stereocenters. The fraction of sp³-hybridized carbons (Fsp3) is 1.00. The largest absolute Gasteiger partial charge is 0.319 e. The van der Waals surface area contributed by atoms with Gasteiger partial charge in [-0.15, -0.1) is 0 Å². The van der Waals surface area contributed by atoms with Gasteiger partial charge in [0.15, 0.2) is 0 Å². The SMILES string of the molecule is CCCCCCCCCCCCO[PH](=O)OCCN(C)C. The molecule has 0 rings (SSSR count). The predicted octanol–water partition coefficient (Wildman–Crippen LogP) is 4.89. The number of unbranched alkanes of at least 4 members (excludes halogenated alkanes) is 9. The maximum atomic E-state index is 11.4. The van der Waals surface area contributed by atoms with E-state index in [4.69, 9.17) is 9.05 Å². The average Bonchev–Trinajstić information content (AvgIpc) is 2.44. The second kappa shape index (κ2) is 16.5. The van der Waals surface area contributed by atoms with Crippen LogP contribution in [0.3, 0.4) is 0 Å². The average molecular weight is 321 g/mol. The summed E-state index contributed by atoms with van der Waals surface area (Å²) in [4.78, 5) is 2.00. The normalized spacial score (nSPS) is 13.0. The molecule has 0 saturated heterocycles. The fourth-order valence-corrected chi connectivity index (χ4v) is 2.75. The standard InChI is InChI=1S/C16H36NO3P/c1-4-5-6-7-8-9-10-11-12-13-15-19-21(18)20-16-14-17(2)3/h21H,4-16H2,1-3H3. The van der Waals surface area contributed by atoms with Crippen LogP contribution in [-0.2, 0) is 13.6 Å². The second-order valence-corrected chi connectivity index (χ2v) is 7.01. The molecule has 0 aliphatic carbocycles. The van der Waals surface area contributed by atoms with Gasteiger partial charge < -0.3 is 13.9 Å². The minimum atomic E-state index is -2.27. The molecule has 0 aromatic rings. The highest BCUT2D eigenvalue weighted by atomic mass is 31.1. The number of rotatable bonds is 16. The lowest BCUT2D eigenvalue weighted by molar-refractivity contribution is 0.205. The first-order valence-corrected chi connectivity index (χ1v) is 9.83. The molecule has 0 fully saturated rings. The monoisotopic (exact) mass is 321 g/mol. The molecule has 0 aromatic heterocycles. The summed E-state index contributed by atoms with van der Waals surface area (Å²) in [6.07, 6.45) is 13.0. The van der Waals surface area contributed by atoms with Crippen molar-refractivity contribution in [3.8, 4) is 0 Å². The number of hydrogen-bond acceptors (Lipinski definition) is 4. The summed E-state index contributed by atoms with van der Waals surface area (Å²) >= 11 is 0. The van der Waals surface area contributed by atoms with Gasteiger partial charge in [0.1, 0.15) is 0 Å². The van der Waals surface area contributed by atoms with Crippen molar-refractivity contribution in [2.45, 2.75) is 71.1 Å². The van der Waals surface area contributed by atoms with E-state index >= 15 is 0 Å². The van der Waals surface area contributed by atoms with E-state index in [0.717, 1.165) is 13.0 Å². The van der Waals surface area contributed by atoms with Crippen molar-refractivity contribution in [2.24, 2.45) is 0 Å². The van der Waals surface area contributed by atoms with Gasteiger partial charge in [-0.05, 0) is 20.5 Å². The number of hydrogen-bond donors (Lipinski definition) is 0. The first-order valence-electron chi connectivity index (χ1n) is 8.61. The van der Waals surface area contributed by atoms with Crippen molar-refractivity contribution >= 4 is 8.25 Å². The summed E-state index contributed by atoms with van der Waals surface area (Å²) in [6, 6.07) is 0. The zero-order valence-corrected chi connectivity index (χ0v) is 15.4. The van der Waals surface area contributed by atoms with Crippen molar-refractivity contribution in [1.29, 1.82) is 0 Å². The van der Waals surface area contributed by atoms with Gasteiger partial charge in [-0.25, -0.2) is 0 Å². The molecule has 0 spiro atoms. The molecular formula is C16H36NO3P. The Labute approximate surface area is 132 Å². The maximum Gasteiger partial charge on any atom is 0.319 e. The number of likely N-dealkylation sites (N-methyl/N-ethyl adjacent to an activating group) is 1. The van der Waals surface area contributed by atoms with Crippen LogP contribution in [0.5, 0.6) is 0 Å². The summed E-state index contributed by atoms with van der Waals surface area (Å²) < 4.78 is 21.7. The molecule has 5 heteroatoms. The summed E-state index contributed by atoms with van der Waals surface area (Å²) in [7, 11) is 1.66. The molecule has 128 valence electrons.